The molecule has 4 nitrogen and oxygen atoms in total. The molecular weight excluding hydrogens is 228 g/mol. The third kappa shape index (κ3) is 2.60. The molecule has 92 valence electrons. The highest BCUT2D eigenvalue weighted by Crippen LogP contribution is 2.20. The minimum Gasteiger partial charge on any atom is -0.508 e. The Morgan fingerprint density at radius 2 is 1.78 bits per heavy atom. The van der Waals surface area contributed by atoms with Crippen LogP contribution in [0.3, 0.4) is 0 Å². The third-order valence-electron chi connectivity index (χ3n) is 2.73. The molecule has 2 aromatic carbocycles. The van der Waals surface area contributed by atoms with E-state index in [9.17, 15) is 9.90 Å². The van der Waals surface area contributed by atoms with Gasteiger partial charge in [-0.2, -0.15) is 0 Å². The van der Waals surface area contributed by atoms with Gasteiger partial charge in [-0.1, -0.05) is 12.1 Å². The summed E-state index contributed by atoms with van der Waals surface area (Å²) in [5.74, 6) is -0.383. The highest BCUT2D eigenvalue weighted by atomic mass is 16.3. The van der Waals surface area contributed by atoms with Crippen LogP contribution in [0.25, 0.3) is 0 Å². The molecule has 0 heterocycles. The second-order valence-electron chi connectivity index (χ2n) is 4.12. The first-order valence-corrected chi connectivity index (χ1v) is 5.52. The molecule has 0 spiro atoms. The summed E-state index contributed by atoms with van der Waals surface area (Å²) in [7, 11) is 0. The Balaban J connectivity index is 2.35. The van der Waals surface area contributed by atoms with Crippen molar-refractivity contribution >= 4 is 11.6 Å². The fourth-order valence-electron chi connectivity index (χ4n) is 1.82. The maximum Gasteiger partial charge on any atom is 0.248 e. The molecule has 0 radical (unpaired) electrons. The Hall–Kier alpha value is -2.49. The summed E-state index contributed by atoms with van der Waals surface area (Å²) in [6.45, 7) is 0. The third-order valence-corrected chi connectivity index (χ3v) is 2.73. The smallest absolute Gasteiger partial charge is 0.248 e. The van der Waals surface area contributed by atoms with Crippen molar-refractivity contribution in [2.24, 2.45) is 5.73 Å². The second kappa shape index (κ2) is 4.79. The molecule has 2 aromatic rings. The number of rotatable bonds is 3. The number of phenolic OH excluding ortho intramolecular Hbond substituents is 1. The lowest BCUT2D eigenvalue weighted by Gasteiger charge is -2.08. The molecule has 0 bridgehead atoms. The minimum absolute atomic E-state index is 0.116. The first-order valence-electron chi connectivity index (χ1n) is 5.52. The van der Waals surface area contributed by atoms with Crippen molar-refractivity contribution in [3.05, 3.63) is 59.2 Å². The van der Waals surface area contributed by atoms with E-state index < -0.39 is 5.91 Å². The van der Waals surface area contributed by atoms with E-state index in [4.69, 9.17) is 11.5 Å². The number of benzene rings is 2. The molecule has 5 N–H and O–H groups in total. The van der Waals surface area contributed by atoms with Crippen molar-refractivity contribution in [3.8, 4) is 5.75 Å². The zero-order chi connectivity index (χ0) is 13.1. The summed E-state index contributed by atoms with van der Waals surface area (Å²) in [6.07, 6.45) is 0.521. The predicted molar refractivity (Wildman–Crippen MR) is 70.3 cm³/mol. The van der Waals surface area contributed by atoms with Crippen LogP contribution in [0, 0.1) is 0 Å². The largest absolute Gasteiger partial charge is 0.508 e. The quantitative estimate of drug-likeness (QED) is 0.715. The number of phenols is 1. The summed E-state index contributed by atoms with van der Waals surface area (Å²) in [4.78, 5) is 11.3. The standard InChI is InChI=1S/C14H14N2O2/c15-11-3-1-9(2-4-11)7-10-8-12(17)5-6-13(10)14(16)18/h1-6,8,17H,7,15H2,(H2,16,18). The monoisotopic (exact) mass is 242 g/mol. The van der Waals surface area contributed by atoms with E-state index in [1.54, 1.807) is 18.2 Å². The van der Waals surface area contributed by atoms with Gasteiger partial charge < -0.3 is 16.6 Å². The predicted octanol–water partition coefficient (Wildman–Crippen LogP) is 1.66. The lowest BCUT2D eigenvalue weighted by atomic mass is 9.99. The zero-order valence-corrected chi connectivity index (χ0v) is 9.76. The highest BCUT2D eigenvalue weighted by Gasteiger charge is 2.09. The van der Waals surface area contributed by atoms with Crippen LogP contribution in [-0.4, -0.2) is 11.0 Å². The lowest BCUT2D eigenvalue weighted by Crippen LogP contribution is -2.13. The number of anilines is 1. The molecule has 0 aliphatic heterocycles. The average Bonchev–Trinajstić information content (AvgIpc) is 2.32. The molecule has 1 amide bonds. The topological polar surface area (TPSA) is 89.3 Å². The van der Waals surface area contributed by atoms with Gasteiger partial charge in [0.1, 0.15) is 5.75 Å². The van der Waals surface area contributed by atoms with E-state index in [0.717, 1.165) is 5.56 Å². The van der Waals surface area contributed by atoms with Crippen molar-refractivity contribution < 1.29 is 9.90 Å². The van der Waals surface area contributed by atoms with Gasteiger partial charge >= 0.3 is 0 Å². The van der Waals surface area contributed by atoms with Gasteiger partial charge in [-0.3, -0.25) is 4.79 Å². The summed E-state index contributed by atoms with van der Waals surface area (Å²) in [5, 5.41) is 9.47. The normalized spacial score (nSPS) is 10.2. The van der Waals surface area contributed by atoms with Gasteiger partial charge in [-0.05, 0) is 47.9 Å². The Kier molecular flexibility index (Phi) is 3.19. The van der Waals surface area contributed by atoms with Crippen molar-refractivity contribution in [2.45, 2.75) is 6.42 Å². The molecule has 0 atom stereocenters. The number of nitrogens with two attached hydrogens (primary N) is 2. The van der Waals surface area contributed by atoms with Crippen LogP contribution in [-0.2, 0) is 6.42 Å². The molecule has 0 saturated carbocycles. The molecule has 0 aliphatic rings. The van der Waals surface area contributed by atoms with Crippen LogP contribution in [0.2, 0.25) is 0 Å². The van der Waals surface area contributed by atoms with E-state index in [1.165, 1.54) is 12.1 Å². The second-order valence-corrected chi connectivity index (χ2v) is 4.12. The number of aromatic hydroxyl groups is 1. The van der Waals surface area contributed by atoms with Crippen LogP contribution in [0.1, 0.15) is 21.5 Å². The average molecular weight is 242 g/mol. The summed E-state index contributed by atoms with van der Waals surface area (Å²) >= 11 is 0. The SMILES string of the molecule is NC(=O)c1ccc(O)cc1Cc1ccc(N)cc1. The number of amides is 1. The maximum absolute atomic E-state index is 11.3. The van der Waals surface area contributed by atoms with Gasteiger partial charge in [-0.25, -0.2) is 0 Å². The van der Waals surface area contributed by atoms with Gasteiger partial charge in [0.15, 0.2) is 0 Å². The Morgan fingerprint density at radius 1 is 1.11 bits per heavy atom. The van der Waals surface area contributed by atoms with Gasteiger partial charge in [0.05, 0.1) is 0 Å². The Morgan fingerprint density at radius 3 is 2.39 bits per heavy atom. The van der Waals surface area contributed by atoms with Crippen LogP contribution < -0.4 is 11.5 Å². The maximum atomic E-state index is 11.3. The number of carbonyl (C=O) groups is 1. The summed E-state index contributed by atoms with van der Waals surface area (Å²) in [5.41, 5.74) is 13.7. The van der Waals surface area contributed by atoms with Crippen molar-refractivity contribution in [3.63, 3.8) is 0 Å². The zero-order valence-electron chi connectivity index (χ0n) is 9.76. The van der Waals surface area contributed by atoms with Crippen LogP contribution in [0.5, 0.6) is 5.75 Å². The van der Waals surface area contributed by atoms with E-state index >= 15 is 0 Å². The lowest BCUT2D eigenvalue weighted by molar-refractivity contribution is 0.0999. The summed E-state index contributed by atoms with van der Waals surface area (Å²) < 4.78 is 0. The number of hydrogen-bond acceptors (Lipinski definition) is 3. The van der Waals surface area contributed by atoms with Crippen LogP contribution in [0.4, 0.5) is 5.69 Å². The summed E-state index contributed by atoms with van der Waals surface area (Å²) in [6, 6.07) is 11.9. The fraction of sp³-hybridized carbons (Fsp3) is 0.0714. The number of primary amides is 1. The molecule has 18 heavy (non-hydrogen) atoms. The minimum atomic E-state index is -0.500. The van der Waals surface area contributed by atoms with Crippen molar-refractivity contribution in [2.75, 3.05) is 5.73 Å². The van der Waals surface area contributed by atoms with E-state index in [2.05, 4.69) is 0 Å². The molecule has 0 aromatic heterocycles. The van der Waals surface area contributed by atoms with E-state index in [-0.39, 0.29) is 5.75 Å². The molecule has 0 saturated heterocycles. The van der Waals surface area contributed by atoms with Gasteiger partial charge in [-0.15, -0.1) is 0 Å². The molecule has 0 fully saturated rings. The first-order chi connectivity index (χ1) is 8.56. The molecular formula is C14H14N2O2. The van der Waals surface area contributed by atoms with E-state index in [0.29, 0.717) is 23.2 Å². The van der Waals surface area contributed by atoms with Gasteiger partial charge in [0.2, 0.25) is 5.91 Å². The van der Waals surface area contributed by atoms with Crippen LogP contribution in [0.15, 0.2) is 42.5 Å². The Labute approximate surface area is 105 Å². The van der Waals surface area contributed by atoms with Crippen LogP contribution >= 0.6 is 0 Å². The first kappa shape index (κ1) is 12.0. The number of carbonyl (C=O) groups excluding carboxylic acids is 1. The number of hydrogen-bond donors (Lipinski definition) is 3. The molecule has 4 heteroatoms. The molecule has 0 unspecified atom stereocenters. The molecule has 2 rings (SSSR count). The van der Waals surface area contributed by atoms with Gasteiger partial charge in [0, 0.05) is 11.3 Å². The fourth-order valence-corrected chi connectivity index (χ4v) is 1.82. The van der Waals surface area contributed by atoms with Crippen molar-refractivity contribution in [1.82, 2.24) is 0 Å². The Bertz CT molecular complexity index is 577. The van der Waals surface area contributed by atoms with Crippen molar-refractivity contribution in [1.29, 1.82) is 0 Å². The number of nitrogen functional groups attached to an aromatic ring is 1. The van der Waals surface area contributed by atoms with E-state index in [1.807, 2.05) is 12.1 Å². The highest BCUT2D eigenvalue weighted by molar-refractivity contribution is 5.94. The van der Waals surface area contributed by atoms with Gasteiger partial charge in [0.25, 0.3) is 0 Å². The molecule has 0 aliphatic carbocycles.